The molecule has 7 heteroatoms. The Balaban J connectivity index is 2.03. The second-order valence-corrected chi connectivity index (χ2v) is 5.13. The van der Waals surface area contributed by atoms with Crippen LogP contribution in [0.15, 0.2) is 23.3 Å². The van der Waals surface area contributed by atoms with E-state index in [1.165, 1.54) is 0 Å². The van der Waals surface area contributed by atoms with Crippen molar-refractivity contribution >= 4 is 28.4 Å². The molecule has 0 aliphatic carbocycles. The Morgan fingerprint density at radius 1 is 1.44 bits per heavy atom. The molecule has 0 atom stereocenters. The highest BCUT2D eigenvalue weighted by Crippen LogP contribution is 2.01. The van der Waals surface area contributed by atoms with Crippen LogP contribution in [0.3, 0.4) is 0 Å². The SMILES string of the molecule is Cc1ncc(I)c(=O)n1CCCn1ccc(N)n1. The number of hydrogen-bond donors (Lipinski definition) is 1. The standard InChI is InChI=1S/C11H14IN5O/c1-8-14-7-9(12)11(18)17(8)5-2-4-16-6-3-10(13)15-16/h3,6-7H,2,4-5H2,1H3,(H2,13,15). The maximum atomic E-state index is 11.9. The average Bonchev–Trinajstić information content (AvgIpc) is 2.74. The van der Waals surface area contributed by atoms with Gasteiger partial charge in [0.05, 0.1) is 3.57 Å². The Morgan fingerprint density at radius 2 is 2.22 bits per heavy atom. The molecule has 0 amide bonds. The van der Waals surface area contributed by atoms with E-state index in [9.17, 15) is 4.79 Å². The predicted octanol–water partition coefficient (Wildman–Crippen LogP) is 1.03. The van der Waals surface area contributed by atoms with Gasteiger partial charge in [-0.15, -0.1) is 0 Å². The molecule has 0 spiro atoms. The zero-order valence-electron chi connectivity index (χ0n) is 10.0. The summed E-state index contributed by atoms with van der Waals surface area (Å²) < 4.78 is 4.10. The van der Waals surface area contributed by atoms with Crippen molar-refractivity contribution < 1.29 is 0 Å². The number of nitrogen functional groups attached to an aromatic ring is 1. The van der Waals surface area contributed by atoms with Crippen LogP contribution in [-0.4, -0.2) is 19.3 Å². The first-order valence-electron chi connectivity index (χ1n) is 5.59. The van der Waals surface area contributed by atoms with Gasteiger partial charge in [0.25, 0.3) is 5.56 Å². The lowest BCUT2D eigenvalue weighted by Crippen LogP contribution is -2.26. The van der Waals surface area contributed by atoms with E-state index < -0.39 is 0 Å². The van der Waals surface area contributed by atoms with Crippen molar-refractivity contribution in [1.29, 1.82) is 0 Å². The number of nitrogens with two attached hydrogens (primary N) is 1. The number of hydrogen-bond acceptors (Lipinski definition) is 4. The first kappa shape index (κ1) is 13.1. The molecule has 2 heterocycles. The fourth-order valence-corrected chi connectivity index (χ4v) is 2.14. The molecule has 0 bridgehead atoms. The van der Waals surface area contributed by atoms with Crippen LogP contribution in [0.5, 0.6) is 0 Å². The normalized spacial score (nSPS) is 10.8. The Labute approximate surface area is 118 Å². The summed E-state index contributed by atoms with van der Waals surface area (Å²) in [5.41, 5.74) is 5.55. The highest BCUT2D eigenvalue weighted by atomic mass is 127. The third-order valence-corrected chi connectivity index (χ3v) is 3.37. The highest BCUT2D eigenvalue weighted by molar-refractivity contribution is 14.1. The van der Waals surface area contributed by atoms with Crippen LogP contribution in [0.25, 0.3) is 0 Å². The lowest BCUT2D eigenvalue weighted by molar-refractivity contribution is 0.508. The summed E-state index contributed by atoms with van der Waals surface area (Å²) in [7, 11) is 0. The largest absolute Gasteiger partial charge is 0.382 e. The van der Waals surface area contributed by atoms with Crippen molar-refractivity contribution in [3.8, 4) is 0 Å². The molecule has 0 radical (unpaired) electrons. The van der Waals surface area contributed by atoms with Gasteiger partial charge in [-0.05, 0) is 42.0 Å². The Hall–Kier alpha value is -1.38. The number of aryl methyl sites for hydroxylation is 2. The van der Waals surface area contributed by atoms with Crippen LogP contribution in [0.2, 0.25) is 0 Å². The first-order chi connectivity index (χ1) is 8.58. The molecule has 0 unspecified atom stereocenters. The monoisotopic (exact) mass is 359 g/mol. The molecule has 6 nitrogen and oxygen atoms in total. The molecule has 2 rings (SSSR count). The van der Waals surface area contributed by atoms with E-state index in [0.29, 0.717) is 15.9 Å². The lowest BCUT2D eigenvalue weighted by Gasteiger charge is -2.09. The summed E-state index contributed by atoms with van der Waals surface area (Å²) in [6.45, 7) is 3.20. The Morgan fingerprint density at radius 3 is 2.89 bits per heavy atom. The molecule has 96 valence electrons. The van der Waals surface area contributed by atoms with Gasteiger partial charge in [-0.2, -0.15) is 5.10 Å². The molecular formula is C11H14IN5O. The zero-order valence-corrected chi connectivity index (χ0v) is 12.2. The van der Waals surface area contributed by atoms with Crippen LogP contribution >= 0.6 is 22.6 Å². The van der Waals surface area contributed by atoms with Crippen molar-refractivity contribution in [2.75, 3.05) is 5.73 Å². The topological polar surface area (TPSA) is 78.7 Å². The summed E-state index contributed by atoms with van der Waals surface area (Å²) in [6.07, 6.45) is 4.24. The van der Waals surface area contributed by atoms with Gasteiger partial charge in [0.15, 0.2) is 0 Å². The molecule has 0 aliphatic heterocycles. The van der Waals surface area contributed by atoms with E-state index >= 15 is 0 Å². The van der Waals surface area contributed by atoms with Crippen LogP contribution in [-0.2, 0) is 13.1 Å². The Kier molecular flexibility index (Phi) is 4.00. The molecule has 2 aromatic heterocycles. The van der Waals surface area contributed by atoms with E-state index in [2.05, 4.69) is 10.1 Å². The lowest BCUT2D eigenvalue weighted by atomic mass is 10.4. The molecule has 0 saturated carbocycles. The maximum absolute atomic E-state index is 11.9. The fraction of sp³-hybridized carbons (Fsp3) is 0.364. The minimum absolute atomic E-state index is 0.0167. The Bertz CT molecular complexity index is 604. The minimum atomic E-state index is 0.0167. The first-order valence-corrected chi connectivity index (χ1v) is 6.66. The van der Waals surface area contributed by atoms with Crippen molar-refractivity contribution in [3.05, 3.63) is 38.2 Å². The van der Waals surface area contributed by atoms with E-state index in [4.69, 9.17) is 5.73 Å². The van der Waals surface area contributed by atoms with E-state index in [0.717, 1.165) is 18.8 Å². The van der Waals surface area contributed by atoms with Gasteiger partial charge < -0.3 is 5.73 Å². The van der Waals surface area contributed by atoms with Gasteiger partial charge in [-0.25, -0.2) is 4.98 Å². The molecular weight excluding hydrogens is 345 g/mol. The third-order valence-electron chi connectivity index (χ3n) is 2.64. The molecule has 0 fully saturated rings. The minimum Gasteiger partial charge on any atom is -0.382 e. The van der Waals surface area contributed by atoms with E-state index in [1.54, 1.807) is 21.5 Å². The molecule has 0 aromatic carbocycles. The number of nitrogens with zero attached hydrogens (tertiary/aromatic N) is 4. The second kappa shape index (κ2) is 5.51. The summed E-state index contributed by atoms with van der Waals surface area (Å²) >= 11 is 2.00. The van der Waals surface area contributed by atoms with Crippen molar-refractivity contribution in [2.45, 2.75) is 26.4 Å². The van der Waals surface area contributed by atoms with E-state index in [-0.39, 0.29) is 5.56 Å². The smallest absolute Gasteiger partial charge is 0.266 e. The molecule has 18 heavy (non-hydrogen) atoms. The number of rotatable bonds is 4. The quantitative estimate of drug-likeness (QED) is 0.827. The fourth-order valence-electron chi connectivity index (χ4n) is 1.71. The van der Waals surface area contributed by atoms with Crippen molar-refractivity contribution in [3.63, 3.8) is 0 Å². The summed E-state index contributed by atoms with van der Waals surface area (Å²) in [5.74, 6) is 1.25. The summed E-state index contributed by atoms with van der Waals surface area (Å²) in [5, 5.41) is 4.09. The highest BCUT2D eigenvalue weighted by Gasteiger charge is 2.05. The molecule has 2 N–H and O–H groups in total. The summed E-state index contributed by atoms with van der Waals surface area (Å²) in [4.78, 5) is 16.1. The van der Waals surface area contributed by atoms with Crippen molar-refractivity contribution in [2.24, 2.45) is 0 Å². The van der Waals surface area contributed by atoms with Gasteiger partial charge in [-0.1, -0.05) is 0 Å². The third kappa shape index (κ3) is 2.89. The van der Waals surface area contributed by atoms with Crippen LogP contribution in [0, 0.1) is 10.5 Å². The number of aromatic nitrogens is 4. The molecule has 0 aliphatic rings. The van der Waals surface area contributed by atoms with Gasteiger partial charge in [0, 0.05) is 25.5 Å². The van der Waals surface area contributed by atoms with E-state index in [1.807, 2.05) is 35.7 Å². The number of anilines is 1. The van der Waals surface area contributed by atoms with Gasteiger partial charge in [0.2, 0.25) is 0 Å². The van der Waals surface area contributed by atoms with Crippen LogP contribution in [0.4, 0.5) is 5.82 Å². The van der Waals surface area contributed by atoms with Gasteiger partial charge in [0.1, 0.15) is 11.6 Å². The van der Waals surface area contributed by atoms with Gasteiger partial charge >= 0.3 is 0 Å². The van der Waals surface area contributed by atoms with Crippen LogP contribution in [0.1, 0.15) is 12.2 Å². The average molecular weight is 359 g/mol. The molecule has 2 aromatic rings. The second-order valence-electron chi connectivity index (χ2n) is 3.97. The number of halogens is 1. The predicted molar refractivity (Wildman–Crippen MR) is 77.2 cm³/mol. The van der Waals surface area contributed by atoms with Gasteiger partial charge in [-0.3, -0.25) is 14.0 Å². The zero-order chi connectivity index (χ0) is 13.1. The summed E-state index contributed by atoms with van der Waals surface area (Å²) in [6, 6.07) is 1.75. The van der Waals surface area contributed by atoms with Crippen molar-refractivity contribution in [1.82, 2.24) is 19.3 Å². The van der Waals surface area contributed by atoms with Crippen LogP contribution < -0.4 is 11.3 Å². The maximum Gasteiger partial charge on any atom is 0.266 e. The molecule has 0 saturated heterocycles.